The SMILES string of the molecule is CCc1ccc(CN2CCCC2CC(=O)O)cc1. The van der Waals surface area contributed by atoms with Gasteiger partial charge in [-0.2, -0.15) is 0 Å². The summed E-state index contributed by atoms with van der Waals surface area (Å²) in [6, 6.07) is 8.87. The topological polar surface area (TPSA) is 40.5 Å². The number of carboxylic acids is 1. The Hall–Kier alpha value is -1.35. The second-order valence-corrected chi connectivity index (χ2v) is 5.03. The van der Waals surface area contributed by atoms with Gasteiger partial charge in [0.15, 0.2) is 0 Å². The average molecular weight is 247 g/mol. The van der Waals surface area contributed by atoms with E-state index in [0.717, 1.165) is 32.4 Å². The molecule has 1 aromatic rings. The van der Waals surface area contributed by atoms with Crippen LogP contribution < -0.4 is 0 Å². The molecule has 1 atom stereocenters. The Labute approximate surface area is 108 Å². The highest BCUT2D eigenvalue weighted by molar-refractivity contribution is 5.67. The third-order valence-electron chi connectivity index (χ3n) is 3.73. The van der Waals surface area contributed by atoms with Gasteiger partial charge in [-0.1, -0.05) is 31.2 Å². The third-order valence-corrected chi connectivity index (χ3v) is 3.73. The van der Waals surface area contributed by atoms with Gasteiger partial charge in [0.2, 0.25) is 0 Å². The average Bonchev–Trinajstić information content (AvgIpc) is 2.77. The van der Waals surface area contributed by atoms with Crippen molar-refractivity contribution in [1.82, 2.24) is 4.90 Å². The number of aliphatic carboxylic acids is 1. The van der Waals surface area contributed by atoms with Crippen LogP contribution in [-0.2, 0) is 17.8 Å². The molecule has 1 saturated heterocycles. The van der Waals surface area contributed by atoms with Gasteiger partial charge in [-0.15, -0.1) is 0 Å². The number of benzene rings is 1. The Kier molecular flexibility index (Phi) is 4.37. The van der Waals surface area contributed by atoms with Crippen molar-refractivity contribution in [2.45, 2.75) is 45.2 Å². The van der Waals surface area contributed by atoms with E-state index in [4.69, 9.17) is 5.11 Å². The van der Waals surface area contributed by atoms with Gasteiger partial charge in [-0.05, 0) is 36.9 Å². The molecule has 3 heteroatoms. The Morgan fingerprint density at radius 1 is 1.33 bits per heavy atom. The Balaban J connectivity index is 1.96. The monoisotopic (exact) mass is 247 g/mol. The molecule has 1 aromatic carbocycles. The number of aryl methyl sites for hydroxylation is 1. The van der Waals surface area contributed by atoms with Crippen LogP contribution in [0.15, 0.2) is 24.3 Å². The molecule has 1 N–H and O–H groups in total. The Bertz CT molecular complexity index is 399. The summed E-state index contributed by atoms with van der Waals surface area (Å²) in [7, 11) is 0. The second kappa shape index (κ2) is 6.01. The van der Waals surface area contributed by atoms with Gasteiger partial charge in [-0.3, -0.25) is 9.69 Å². The number of rotatable bonds is 5. The summed E-state index contributed by atoms with van der Waals surface area (Å²) in [6.07, 6.45) is 3.46. The molecule has 2 rings (SSSR count). The molecule has 1 aliphatic rings. The number of likely N-dealkylation sites (tertiary alicyclic amines) is 1. The van der Waals surface area contributed by atoms with E-state index in [-0.39, 0.29) is 12.5 Å². The van der Waals surface area contributed by atoms with Gasteiger partial charge in [0.05, 0.1) is 6.42 Å². The van der Waals surface area contributed by atoms with Crippen LogP contribution in [0.5, 0.6) is 0 Å². The molecule has 0 amide bonds. The number of carbonyl (C=O) groups is 1. The van der Waals surface area contributed by atoms with Crippen molar-refractivity contribution in [1.29, 1.82) is 0 Å². The van der Waals surface area contributed by atoms with Crippen LogP contribution in [0.3, 0.4) is 0 Å². The Morgan fingerprint density at radius 3 is 2.61 bits per heavy atom. The largest absolute Gasteiger partial charge is 0.481 e. The quantitative estimate of drug-likeness (QED) is 0.869. The van der Waals surface area contributed by atoms with Crippen LogP contribution in [0.4, 0.5) is 0 Å². The standard InChI is InChI=1S/C15H21NO2/c1-2-12-5-7-13(8-6-12)11-16-9-3-4-14(16)10-15(17)18/h5-8,14H,2-4,9-11H2,1H3,(H,17,18). The maximum absolute atomic E-state index is 10.8. The fourth-order valence-corrected chi connectivity index (χ4v) is 2.65. The van der Waals surface area contributed by atoms with Gasteiger partial charge in [0.1, 0.15) is 0 Å². The summed E-state index contributed by atoms with van der Waals surface area (Å²) >= 11 is 0. The molecule has 0 spiro atoms. The molecule has 1 heterocycles. The van der Waals surface area contributed by atoms with Crippen molar-refractivity contribution in [3.05, 3.63) is 35.4 Å². The fraction of sp³-hybridized carbons (Fsp3) is 0.533. The lowest BCUT2D eigenvalue weighted by Crippen LogP contribution is -2.30. The molecule has 98 valence electrons. The van der Waals surface area contributed by atoms with E-state index in [1.165, 1.54) is 11.1 Å². The van der Waals surface area contributed by atoms with Crippen LogP contribution in [0, 0.1) is 0 Å². The van der Waals surface area contributed by atoms with E-state index in [1.54, 1.807) is 0 Å². The highest BCUT2D eigenvalue weighted by Crippen LogP contribution is 2.22. The normalized spacial score (nSPS) is 20.2. The van der Waals surface area contributed by atoms with E-state index in [1.807, 2.05) is 0 Å². The number of nitrogens with zero attached hydrogens (tertiary/aromatic N) is 1. The highest BCUT2D eigenvalue weighted by Gasteiger charge is 2.26. The minimum atomic E-state index is -0.687. The predicted molar refractivity (Wildman–Crippen MR) is 71.5 cm³/mol. The highest BCUT2D eigenvalue weighted by atomic mass is 16.4. The summed E-state index contributed by atoms with van der Waals surface area (Å²) in [6.45, 7) is 4.05. The van der Waals surface area contributed by atoms with E-state index in [9.17, 15) is 4.79 Å². The molecule has 0 aliphatic carbocycles. The summed E-state index contributed by atoms with van der Waals surface area (Å²) < 4.78 is 0. The molecule has 0 saturated carbocycles. The molecular weight excluding hydrogens is 226 g/mol. The summed E-state index contributed by atoms with van der Waals surface area (Å²) in [5, 5.41) is 8.90. The fourth-order valence-electron chi connectivity index (χ4n) is 2.65. The smallest absolute Gasteiger partial charge is 0.304 e. The van der Waals surface area contributed by atoms with Crippen LogP contribution in [0.2, 0.25) is 0 Å². The maximum atomic E-state index is 10.8. The molecule has 1 fully saturated rings. The van der Waals surface area contributed by atoms with E-state index in [0.29, 0.717) is 0 Å². The van der Waals surface area contributed by atoms with E-state index in [2.05, 4.69) is 36.1 Å². The lowest BCUT2D eigenvalue weighted by Gasteiger charge is -2.23. The Morgan fingerprint density at radius 2 is 2.00 bits per heavy atom. The molecule has 1 unspecified atom stereocenters. The lowest BCUT2D eigenvalue weighted by atomic mass is 10.1. The van der Waals surface area contributed by atoms with E-state index < -0.39 is 5.97 Å². The van der Waals surface area contributed by atoms with Crippen LogP contribution in [0.25, 0.3) is 0 Å². The van der Waals surface area contributed by atoms with Crippen LogP contribution >= 0.6 is 0 Å². The summed E-state index contributed by atoms with van der Waals surface area (Å²) in [4.78, 5) is 13.1. The van der Waals surface area contributed by atoms with Gasteiger partial charge < -0.3 is 5.11 Å². The first-order valence-electron chi connectivity index (χ1n) is 6.72. The minimum absolute atomic E-state index is 0.216. The van der Waals surface area contributed by atoms with Crippen molar-refractivity contribution in [3.8, 4) is 0 Å². The molecular formula is C15H21NO2. The zero-order chi connectivity index (χ0) is 13.0. The lowest BCUT2D eigenvalue weighted by molar-refractivity contribution is -0.138. The van der Waals surface area contributed by atoms with Crippen LogP contribution in [-0.4, -0.2) is 28.6 Å². The van der Waals surface area contributed by atoms with Crippen molar-refractivity contribution in [3.63, 3.8) is 0 Å². The first kappa shape index (κ1) is 13.1. The van der Waals surface area contributed by atoms with Crippen molar-refractivity contribution in [2.24, 2.45) is 0 Å². The molecule has 3 nitrogen and oxygen atoms in total. The minimum Gasteiger partial charge on any atom is -0.481 e. The van der Waals surface area contributed by atoms with Crippen molar-refractivity contribution >= 4 is 5.97 Å². The molecule has 0 bridgehead atoms. The van der Waals surface area contributed by atoms with Crippen molar-refractivity contribution in [2.75, 3.05) is 6.54 Å². The summed E-state index contributed by atoms with van der Waals surface area (Å²) in [5.41, 5.74) is 2.63. The molecule has 1 aliphatic heterocycles. The molecule has 0 radical (unpaired) electrons. The van der Waals surface area contributed by atoms with E-state index >= 15 is 0 Å². The molecule has 18 heavy (non-hydrogen) atoms. The van der Waals surface area contributed by atoms with Gasteiger partial charge in [-0.25, -0.2) is 0 Å². The maximum Gasteiger partial charge on any atom is 0.304 e. The van der Waals surface area contributed by atoms with Gasteiger partial charge in [0, 0.05) is 12.6 Å². The van der Waals surface area contributed by atoms with Gasteiger partial charge >= 0.3 is 5.97 Å². The number of hydrogen-bond donors (Lipinski definition) is 1. The number of carboxylic acid groups (broad SMARTS) is 1. The van der Waals surface area contributed by atoms with Gasteiger partial charge in [0.25, 0.3) is 0 Å². The second-order valence-electron chi connectivity index (χ2n) is 5.03. The zero-order valence-electron chi connectivity index (χ0n) is 10.9. The van der Waals surface area contributed by atoms with Crippen LogP contribution in [0.1, 0.15) is 37.3 Å². The summed E-state index contributed by atoms with van der Waals surface area (Å²) in [5.74, 6) is -0.687. The zero-order valence-corrected chi connectivity index (χ0v) is 10.9. The number of hydrogen-bond acceptors (Lipinski definition) is 2. The first-order valence-corrected chi connectivity index (χ1v) is 6.72. The van der Waals surface area contributed by atoms with Crippen molar-refractivity contribution < 1.29 is 9.90 Å². The molecule has 0 aromatic heterocycles. The predicted octanol–water partition coefficient (Wildman–Crippen LogP) is 2.69. The third kappa shape index (κ3) is 3.33. The first-order chi connectivity index (χ1) is 8.69.